The average molecular weight is 190 g/mol. The molecule has 0 aromatic heterocycles. The third-order valence-corrected chi connectivity index (χ3v) is 1.41. The molecule has 1 amide bonds. The number of carbonyl (C=O) groups excluding carboxylic acids is 1. The van der Waals surface area contributed by atoms with Gasteiger partial charge >= 0.3 is 0 Å². The highest BCUT2D eigenvalue weighted by atomic mass is 16.5. The van der Waals surface area contributed by atoms with Crippen LogP contribution in [0.4, 0.5) is 0 Å². The first-order chi connectivity index (χ1) is 6.10. The predicted octanol–water partition coefficient (Wildman–Crippen LogP) is -1.33. The van der Waals surface area contributed by atoms with E-state index in [0.29, 0.717) is 13.2 Å². The average Bonchev–Trinajstić information content (AvgIpc) is 2.02. The molecule has 0 heterocycles. The molecule has 0 fully saturated rings. The topological polar surface area (TPSA) is 61.8 Å². The Labute approximate surface area is 78.7 Å². The summed E-state index contributed by atoms with van der Waals surface area (Å²) in [5.41, 5.74) is 0. The highest BCUT2D eigenvalue weighted by Gasteiger charge is 2.10. The number of aliphatic hydroxyl groups excluding tert-OH is 1. The summed E-state index contributed by atoms with van der Waals surface area (Å²) in [6.07, 6.45) is 0. The van der Waals surface area contributed by atoms with Crippen LogP contribution in [0, 0.1) is 0 Å². The van der Waals surface area contributed by atoms with Crippen molar-refractivity contribution in [2.24, 2.45) is 0 Å². The Kier molecular flexibility index (Phi) is 6.48. The van der Waals surface area contributed by atoms with Crippen LogP contribution in [-0.2, 0) is 9.53 Å². The van der Waals surface area contributed by atoms with E-state index in [9.17, 15) is 4.79 Å². The predicted molar refractivity (Wildman–Crippen MR) is 49.4 cm³/mol. The Morgan fingerprint density at radius 1 is 1.62 bits per heavy atom. The van der Waals surface area contributed by atoms with Gasteiger partial charge in [-0.05, 0) is 14.1 Å². The Balaban J connectivity index is 3.73. The molecule has 0 aliphatic carbocycles. The normalized spacial score (nSPS) is 13.0. The first-order valence-corrected chi connectivity index (χ1v) is 4.14. The second-order valence-electron chi connectivity index (χ2n) is 3.14. The van der Waals surface area contributed by atoms with Crippen molar-refractivity contribution in [2.45, 2.75) is 6.04 Å². The van der Waals surface area contributed by atoms with Crippen molar-refractivity contribution in [1.82, 2.24) is 10.2 Å². The maximum Gasteiger partial charge on any atom is 0.234 e. The van der Waals surface area contributed by atoms with E-state index in [2.05, 4.69) is 5.32 Å². The lowest BCUT2D eigenvalue weighted by Crippen LogP contribution is -2.44. The molecule has 78 valence electrons. The van der Waals surface area contributed by atoms with Crippen molar-refractivity contribution in [1.29, 1.82) is 0 Å². The summed E-state index contributed by atoms with van der Waals surface area (Å²) in [5.74, 6) is -0.110. The van der Waals surface area contributed by atoms with Gasteiger partial charge in [0.15, 0.2) is 0 Å². The lowest BCUT2D eigenvalue weighted by Gasteiger charge is -2.16. The fourth-order valence-electron chi connectivity index (χ4n) is 0.902. The van der Waals surface area contributed by atoms with Crippen LogP contribution in [0.25, 0.3) is 0 Å². The van der Waals surface area contributed by atoms with Gasteiger partial charge in [0, 0.05) is 7.11 Å². The first-order valence-electron chi connectivity index (χ1n) is 4.14. The number of rotatable bonds is 6. The first kappa shape index (κ1) is 12.3. The van der Waals surface area contributed by atoms with Crippen LogP contribution in [0.2, 0.25) is 0 Å². The molecular weight excluding hydrogens is 172 g/mol. The molecule has 13 heavy (non-hydrogen) atoms. The quantitative estimate of drug-likeness (QED) is 0.545. The standard InChI is InChI=1S/C8H18N2O3/c1-10(2)4-8(12)9-7(5-11)6-13-3/h7,11H,4-6H2,1-3H3,(H,9,12). The highest BCUT2D eigenvalue weighted by Crippen LogP contribution is 1.84. The van der Waals surface area contributed by atoms with Crippen LogP contribution < -0.4 is 5.32 Å². The second-order valence-corrected chi connectivity index (χ2v) is 3.14. The summed E-state index contributed by atoms with van der Waals surface area (Å²) in [6, 6.07) is -0.308. The van der Waals surface area contributed by atoms with E-state index in [4.69, 9.17) is 9.84 Å². The summed E-state index contributed by atoms with van der Waals surface area (Å²) < 4.78 is 4.81. The van der Waals surface area contributed by atoms with E-state index in [1.54, 1.807) is 4.90 Å². The monoisotopic (exact) mass is 190 g/mol. The number of nitrogens with zero attached hydrogens (tertiary/aromatic N) is 1. The SMILES string of the molecule is COCC(CO)NC(=O)CN(C)C. The zero-order chi connectivity index (χ0) is 10.3. The summed E-state index contributed by atoms with van der Waals surface area (Å²) in [6.45, 7) is 0.545. The van der Waals surface area contributed by atoms with E-state index in [1.165, 1.54) is 7.11 Å². The molecule has 0 aliphatic heterocycles. The van der Waals surface area contributed by atoms with Gasteiger partial charge < -0.3 is 20.1 Å². The summed E-state index contributed by atoms with van der Waals surface area (Å²) in [7, 11) is 5.15. The van der Waals surface area contributed by atoms with Gasteiger partial charge in [-0.2, -0.15) is 0 Å². The maximum atomic E-state index is 11.2. The summed E-state index contributed by atoms with van der Waals surface area (Å²) in [4.78, 5) is 12.9. The smallest absolute Gasteiger partial charge is 0.234 e. The lowest BCUT2D eigenvalue weighted by molar-refractivity contribution is -0.123. The lowest BCUT2D eigenvalue weighted by atomic mass is 10.3. The van der Waals surface area contributed by atoms with Gasteiger partial charge in [-0.15, -0.1) is 0 Å². The van der Waals surface area contributed by atoms with Crippen LogP contribution in [0.1, 0.15) is 0 Å². The van der Waals surface area contributed by atoms with E-state index in [0.717, 1.165) is 0 Å². The molecule has 0 saturated heterocycles. The van der Waals surface area contributed by atoms with Gasteiger partial charge in [-0.1, -0.05) is 0 Å². The molecule has 0 bridgehead atoms. The molecule has 1 atom stereocenters. The van der Waals surface area contributed by atoms with Crippen molar-refractivity contribution in [3.63, 3.8) is 0 Å². The molecule has 0 aromatic rings. The number of aliphatic hydroxyl groups is 1. The Hall–Kier alpha value is -0.650. The molecule has 2 N–H and O–H groups in total. The molecule has 0 saturated carbocycles. The third-order valence-electron chi connectivity index (χ3n) is 1.41. The molecular formula is C8H18N2O3. The van der Waals surface area contributed by atoms with E-state index >= 15 is 0 Å². The number of carbonyl (C=O) groups is 1. The van der Waals surface area contributed by atoms with Crippen LogP contribution in [0.5, 0.6) is 0 Å². The van der Waals surface area contributed by atoms with Gasteiger partial charge in [-0.3, -0.25) is 4.79 Å². The highest BCUT2D eigenvalue weighted by molar-refractivity contribution is 5.78. The van der Waals surface area contributed by atoms with Crippen LogP contribution >= 0.6 is 0 Å². The third kappa shape index (κ3) is 6.51. The fraction of sp³-hybridized carbons (Fsp3) is 0.875. The number of nitrogens with one attached hydrogen (secondary N) is 1. The van der Waals surface area contributed by atoms with Crippen molar-refractivity contribution < 1.29 is 14.6 Å². The number of likely N-dealkylation sites (N-methyl/N-ethyl adjacent to an activating group) is 1. The maximum absolute atomic E-state index is 11.2. The number of hydrogen-bond acceptors (Lipinski definition) is 4. The molecule has 5 heteroatoms. The number of hydrogen-bond donors (Lipinski definition) is 2. The molecule has 0 radical (unpaired) electrons. The van der Waals surface area contributed by atoms with Crippen molar-refractivity contribution in [3.8, 4) is 0 Å². The van der Waals surface area contributed by atoms with Crippen LogP contribution in [0.15, 0.2) is 0 Å². The van der Waals surface area contributed by atoms with E-state index in [1.807, 2.05) is 14.1 Å². The Morgan fingerprint density at radius 2 is 2.23 bits per heavy atom. The minimum Gasteiger partial charge on any atom is -0.394 e. The number of amides is 1. The van der Waals surface area contributed by atoms with Gasteiger partial charge in [-0.25, -0.2) is 0 Å². The summed E-state index contributed by atoms with van der Waals surface area (Å²) >= 11 is 0. The Bertz CT molecular complexity index is 150. The molecule has 5 nitrogen and oxygen atoms in total. The zero-order valence-corrected chi connectivity index (χ0v) is 8.41. The Morgan fingerprint density at radius 3 is 2.62 bits per heavy atom. The van der Waals surface area contributed by atoms with E-state index < -0.39 is 0 Å². The van der Waals surface area contributed by atoms with Crippen molar-refractivity contribution in [2.75, 3.05) is 41.0 Å². The van der Waals surface area contributed by atoms with Crippen molar-refractivity contribution in [3.05, 3.63) is 0 Å². The zero-order valence-electron chi connectivity index (χ0n) is 8.41. The minimum absolute atomic E-state index is 0.104. The second kappa shape index (κ2) is 6.82. The molecule has 0 aromatic carbocycles. The molecule has 0 aliphatic rings. The van der Waals surface area contributed by atoms with Gasteiger partial charge in [0.1, 0.15) is 0 Å². The van der Waals surface area contributed by atoms with Gasteiger partial charge in [0.05, 0.1) is 25.8 Å². The fourth-order valence-corrected chi connectivity index (χ4v) is 0.902. The van der Waals surface area contributed by atoms with Crippen LogP contribution in [-0.4, -0.2) is 62.9 Å². The van der Waals surface area contributed by atoms with Crippen molar-refractivity contribution >= 4 is 5.91 Å². The van der Waals surface area contributed by atoms with E-state index in [-0.39, 0.29) is 18.6 Å². The number of methoxy groups -OCH3 is 1. The van der Waals surface area contributed by atoms with Crippen LogP contribution in [0.3, 0.4) is 0 Å². The molecule has 0 rings (SSSR count). The number of ether oxygens (including phenoxy) is 1. The molecule has 1 unspecified atom stereocenters. The minimum atomic E-state index is -0.308. The van der Waals surface area contributed by atoms with Gasteiger partial charge in [0.2, 0.25) is 5.91 Å². The molecule has 0 spiro atoms. The summed E-state index contributed by atoms with van der Waals surface area (Å²) in [5, 5.41) is 11.5. The van der Waals surface area contributed by atoms with Gasteiger partial charge in [0.25, 0.3) is 0 Å². The largest absolute Gasteiger partial charge is 0.394 e.